The van der Waals surface area contributed by atoms with Gasteiger partial charge in [0.15, 0.2) is 9.84 Å². The molecule has 0 saturated heterocycles. The van der Waals surface area contributed by atoms with E-state index in [1.54, 1.807) is 12.1 Å². The van der Waals surface area contributed by atoms with Gasteiger partial charge in [0.2, 0.25) is 0 Å². The summed E-state index contributed by atoms with van der Waals surface area (Å²) >= 11 is 0. The van der Waals surface area contributed by atoms with Crippen molar-refractivity contribution in [3.63, 3.8) is 0 Å². The fourth-order valence-corrected chi connectivity index (χ4v) is 2.73. The maximum atomic E-state index is 11.6. The van der Waals surface area contributed by atoms with Gasteiger partial charge in [0.1, 0.15) is 12.4 Å². The largest absolute Gasteiger partial charge is 0.492 e. The second-order valence-corrected chi connectivity index (χ2v) is 6.56. The van der Waals surface area contributed by atoms with Crippen LogP contribution >= 0.6 is 0 Å². The molecule has 3 N–H and O–H groups in total. The Hall–Kier alpha value is -2.21. The lowest BCUT2D eigenvalue weighted by Gasteiger charge is -2.12. The van der Waals surface area contributed by atoms with Crippen LogP contribution in [0.1, 0.15) is 0 Å². The van der Waals surface area contributed by atoms with E-state index in [0.29, 0.717) is 18.8 Å². The molecular weight excluding hydrogens is 288 g/mol. The number of nitrogens with one attached hydrogen (secondary N) is 1. The van der Waals surface area contributed by atoms with Gasteiger partial charge in [-0.1, -0.05) is 24.3 Å². The van der Waals surface area contributed by atoms with Crippen LogP contribution in [-0.2, 0) is 9.84 Å². The third kappa shape index (κ3) is 4.13. The van der Waals surface area contributed by atoms with Crippen LogP contribution in [0.15, 0.2) is 53.4 Å². The molecular formula is C15H18N2O3S. The predicted octanol–water partition coefficient (Wildman–Crippen LogP) is 2.16. The molecule has 0 aliphatic carbocycles. The number of sulfone groups is 1. The zero-order valence-electron chi connectivity index (χ0n) is 11.7. The molecule has 0 aliphatic rings. The summed E-state index contributed by atoms with van der Waals surface area (Å²) in [7, 11) is -3.33. The van der Waals surface area contributed by atoms with E-state index in [1.165, 1.54) is 6.07 Å². The first-order chi connectivity index (χ1) is 9.98. The maximum absolute atomic E-state index is 11.6. The minimum atomic E-state index is -3.33. The number of ether oxygens (including phenoxy) is 1. The summed E-state index contributed by atoms with van der Waals surface area (Å²) in [6.45, 7) is 0.971. The first-order valence-electron chi connectivity index (χ1n) is 6.49. The van der Waals surface area contributed by atoms with Crippen LogP contribution < -0.4 is 15.8 Å². The third-order valence-corrected chi connectivity index (χ3v) is 4.05. The Morgan fingerprint density at radius 3 is 2.48 bits per heavy atom. The fourth-order valence-electron chi connectivity index (χ4n) is 1.89. The molecule has 0 unspecified atom stereocenters. The quantitative estimate of drug-likeness (QED) is 0.631. The smallest absolute Gasteiger partial charge is 0.177 e. The standard InChI is InChI=1S/C15H18N2O3S/c1-21(18,19)14-9-5-8-13(15(14)16)17-10-11-20-12-6-3-2-4-7-12/h2-9,17H,10-11,16H2,1H3. The van der Waals surface area contributed by atoms with Gasteiger partial charge < -0.3 is 15.8 Å². The van der Waals surface area contributed by atoms with E-state index < -0.39 is 9.84 Å². The molecule has 21 heavy (non-hydrogen) atoms. The van der Waals surface area contributed by atoms with E-state index >= 15 is 0 Å². The number of rotatable bonds is 6. The monoisotopic (exact) mass is 306 g/mol. The average Bonchev–Trinajstić information content (AvgIpc) is 2.45. The Kier molecular flexibility index (Phi) is 4.70. The highest BCUT2D eigenvalue weighted by Gasteiger charge is 2.13. The molecule has 0 aliphatic heterocycles. The number of hydrogen-bond donors (Lipinski definition) is 2. The molecule has 0 fully saturated rings. The molecule has 0 heterocycles. The number of nitrogens with two attached hydrogens (primary N) is 1. The molecule has 2 rings (SSSR count). The Morgan fingerprint density at radius 1 is 1.10 bits per heavy atom. The van der Waals surface area contributed by atoms with E-state index in [-0.39, 0.29) is 10.6 Å². The topological polar surface area (TPSA) is 81.4 Å². The number of hydrogen-bond acceptors (Lipinski definition) is 5. The van der Waals surface area contributed by atoms with Gasteiger partial charge in [-0.15, -0.1) is 0 Å². The molecule has 0 aromatic heterocycles. The second kappa shape index (κ2) is 6.49. The van der Waals surface area contributed by atoms with Gasteiger partial charge in [0.25, 0.3) is 0 Å². The van der Waals surface area contributed by atoms with Gasteiger partial charge in [-0.05, 0) is 24.3 Å². The Bertz CT molecular complexity index is 700. The SMILES string of the molecule is CS(=O)(=O)c1cccc(NCCOc2ccccc2)c1N. The van der Waals surface area contributed by atoms with Crippen LogP contribution in [0.4, 0.5) is 11.4 Å². The zero-order valence-corrected chi connectivity index (χ0v) is 12.6. The van der Waals surface area contributed by atoms with E-state index in [1.807, 2.05) is 30.3 Å². The van der Waals surface area contributed by atoms with E-state index in [0.717, 1.165) is 12.0 Å². The summed E-state index contributed by atoms with van der Waals surface area (Å²) in [5, 5.41) is 3.08. The number of anilines is 2. The summed E-state index contributed by atoms with van der Waals surface area (Å²) in [5.74, 6) is 0.789. The van der Waals surface area contributed by atoms with Gasteiger partial charge >= 0.3 is 0 Å². The molecule has 0 spiro atoms. The van der Waals surface area contributed by atoms with Crippen LogP contribution in [0.3, 0.4) is 0 Å². The lowest BCUT2D eigenvalue weighted by Crippen LogP contribution is -2.13. The van der Waals surface area contributed by atoms with Gasteiger partial charge in [0.05, 0.1) is 16.3 Å². The summed E-state index contributed by atoms with van der Waals surface area (Å²) < 4.78 is 28.7. The van der Waals surface area contributed by atoms with Crippen molar-refractivity contribution in [2.45, 2.75) is 4.90 Å². The van der Waals surface area contributed by atoms with E-state index in [2.05, 4.69) is 5.32 Å². The van der Waals surface area contributed by atoms with E-state index in [4.69, 9.17) is 10.5 Å². The molecule has 0 amide bonds. The molecule has 5 nitrogen and oxygen atoms in total. The lowest BCUT2D eigenvalue weighted by molar-refractivity contribution is 0.333. The van der Waals surface area contributed by atoms with Gasteiger partial charge in [0, 0.05) is 12.8 Å². The van der Waals surface area contributed by atoms with Crippen molar-refractivity contribution in [2.75, 3.05) is 30.5 Å². The van der Waals surface area contributed by atoms with Crippen molar-refractivity contribution < 1.29 is 13.2 Å². The zero-order chi connectivity index (χ0) is 15.3. The summed E-state index contributed by atoms with van der Waals surface area (Å²) in [6.07, 6.45) is 1.14. The van der Waals surface area contributed by atoms with Crippen LogP contribution in [0.2, 0.25) is 0 Å². The first-order valence-corrected chi connectivity index (χ1v) is 8.38. The molecule has 0 radical (unpaired) electrons. The first kappa shape index (κ1) is 15.2. The Balaban J connectivity index is 1.95. The van der Waals surface area contributed by atoms with Gasteiger partial charge in [-0.25, -0.2) is 8.42 Å². The highest BCUT2D eigenvalue weighted by Crippen LogP contribution is 2.26. The van der Waals surface area contributed by atoms with Gasteiger partial charge in [-0.2, -0.15) is 0 Å². The van der Waals surface area contributed by atoms with Crippen molar-refractivity contribution in [1.29, 1.82) is 0 Å². The van der Waals surface area contributed by atoms with Crippen molar-refractivity contribution in [3.8, 4) is 5.75 Å². The maximum Gasteiger partial charge on any atom is 0.177 e. The van der Waals surface area contributed by atoms with Crippen LogP contribution in [0.5, 0.6) is 5.75 Å². The lowest BCUT2D eigenvalue weighted by atomic mass is 10.2. The van der Waals surface area contributed by atoms with E-state index in [9.17, 15) is 8.42 Å². The van der Waals surface area contributed by atoms with Crippen LogP contribution in [-0.4, -0.2) is 27.8 Å². The average molecular weight is 306 g/mol. The highest BCUT2D eigenvalue weighted by atomic mass is 32.2. The number of nitrogen functional groups attached to an aromatic ring is 1. The third-order valence-electron chi connectivity index (χ3n) is 2.90. The van der Waals surface area contributed by atoms with Crippen molar-refractivity contribution in [2.24, 2.45) is 0 Å². The summed E-state index contributed by atoms with van der Waals surface area (Å²) in [4.78, 5) is 0.136. The molecule has 2 aromatic rings. The Morgan fingerprint density at radius 2 is 1.81 bits per heavy atom. The van der Waals surface area contributed by atoms with Crippen molar-refractivity contribution in [3.05, 3.63) is 48.5 Å². The molecule has 0 saturated carbocycles. The van der Waals surface area contributed by atoms with Gasteiger partial charge in [-0.3, -0.25) is 0 Å². The molecule has 6 heteroatoms. The molecule has 2 aromatic carbocycles. The minimum Gasteiger partial charge on any atom is -0.492 e. The van der Waals surface area contributed by atoms with Crippen molar-refractivity contribution in [1.82, 2.24) is 0 Å². The number of benzene rings is 2. The fraction of sp³-hybridized carbons (Fsp3) is 0.200. The number of para-hydroxylation sites is 2. The summed E-state index contributed by atoms with van der Waals surface area (Å²) in [5.41, 5.74) is 6.71. The van der Waals surface area contributed by atoms with Crippen LogP contribution in [0, 0.1) is 0 Å². The highest BCUT2D eigenvalue weighted by molar-refractivity contribution is 7.90. The molecule has 112 valence electrons. The second-order valence-electron chi connectivity index (χ2n) is 4.58. The van der Waals surface area contributed by atoms with Crippen LogP contribution in [0.25, 0.3) is 0 Å². The Labute approximate surface area is 124 Å². The normalized spacial score (nSPS) is 11.1. The summed E-state index contributed by atoms with van der Waals surface area (Å²) in [6, 6.07) is 14.4. The molecule has 0 bridgehead atoms. The minimum absolute atomic E-state index is 0.136. The molecule has 0 atom stereocenters. The predicted molar refractivity (Wildman–Crippen MR) is 84.4 cm³/mol. The van der Waals surface area contributed by atoms with Crippen molar-refractivity contribution >= 4 is 21.2 Å².